The van der Waals surface area contributed by atoms with Crippen LogP contribution in [0.25, 0.3) is 4.83 Å². The van der Waals surface area contributed by atoms with Gasteiger partial charge in [-0.3, -0.25) is 9.20 Å². The van der Waals surface area contributed by atoms with Gasteiger partial charge in [-0.25, -0.2) is 4.79 Å². The van der Waals surface area contributed by atoms with Crippen LogP contribution in [-0.2, 0) is 11.3 Å². The van der Waals surface area contributed by atoms with Crippen molar-refractivity contribution in [2.45, 2.75) is 6.61 Å². The zero-order valence-corrected chi connectivity index (χ0v) is 11.2. The molecule has 0 saturated heterocycles. The SMILES string of the molecule is COC(=O)c1c(C=O)c2sc(CO)cn2c1Br. The van der Waals surface area contributed by atoms with Crippen LogP contribution in [0.1, 0.15) is 25.6 Å². The van der Waals surface area contributed by atoms with Crippen molar-refractivity contribution in [2.75, 3.05) is 7.11 Å². The topological polar surface area (TPSA) is 68.0 Å². The molecular weight excluding hydrogens is 310 g/mol. The lowest BCUT2D eigenvalue weighted by atomic mass is 10.2. The third-order valence-electron chi connectivity index (χ3n) is 2.30. The minimum absolute atomic E-state index is 0.107. The van der Waals surface area contributed by atoms with E-state index in [0.29, 0.717) is 20.6 Å². The highest BCUT2D eigenvalue weighted by Crippen LogP contribution is 2.32. The van der Waals surface area contributed by atoms with E-state index in [0.717, 1.165) is 0 Å². The van der Waals surface area contributed by atoms with Crippen molar-refractivity contribution in [1.82, 2.24) is 4.40 Å². The standard InChI is InChI=1S/C10H8BrNO4S/c1-16-10(15)7-6(4-14)9-12(8(7)11)2-5(3-13)17-9/h2,4,13H,3H2,1H3. The Bertz CT molecular complexity index is 601. The van der Waals surface area contributed by atoms with Crippen molar-refractivity contribution >= 4 is 44.4 Å². The number of aromatic nitrogens is 1. The number of aliphatic hydroxyl groups is 1. The summed E-state index contributed by atoms with van der Waals surface area (Å²) in [6.07, 6.45) is 2.29. The Morgan fingerprint density at radius 3 is 2.94 bits per heavy atom. The zero-order chi connectivity index (χ0) is 12.6. The van der Waals surface area contributed by atoms with Gasteiger partial charge in [0.2, 0.25) is 0 Å². The third-order valence-corrected chi connectivity index (χ3v) is 4.19. The van der Waals surface area contributed by atoms with Crippen LogP contribution in [0.2, 0.25) is 0 Å². The number of aliphatic hydroxyl groups excluding tert-OH is 1. The Morgan fingerprint density at radius 2 is 2.41 bits per heavy atom. The number of fused-ring (bicyclic) bond motifs is 1. The molecule has 2 aromatic rings. The van der Waals surface area contributed by atoms with Gasteiger partial charge in [0, 0.05) is 11.1 Å². The summed E-state index contributed by atoms with van der Waals surface area (Å²) in [5, 5.41) is 9.04. The van der Waals surface area contributed by atoms with Crippen LogP contribution in [0.5, 0.6) is 0 Å². The molecule has 0 spiro atoms. The molecule has 0 unspecified atom stereocenters. The molecule has 2 heterocycles. The maximum absolute atomic E-state index is 11.6. The lowest BCUT2D eigenvalue weighted by Gasteiger charge is -1.97. The van der Waals surface area contributed by atoms with Crippen molar-refractivity contribution in [2.24, 2.45) is 0 Å². The average Bonchev–Trinajstić information content (AvgIpc) is 2.86. The van der Waals surface area contributed by atoms with Crippen LogP contribution >= 0.6 is 27.3 Å². The average molecular weight is 318 g/mol. The summed E-state index contributed by atoms with van der Waals surface area (Å²) >= 11 is 4.51. The Labute approximate surface area is 109 Å². The summed E-state index contributed by atoms with van der Waals surface area (Å²) in [7, 11) is 1.26. The molecule has 0 saturated carbocycles. The van der Waals surface area contributed by atoms with Crippen LogP contribution in [0.15, 0.2) is 10.8 Å². The number of methoxy groups -OCH3 is 1. The Kier molecular flexibility index (Phi) is 3.32. The molecule has 17 heavy (non-hydrogen) atoms. The maximum atomic E-state index is 11.6. The first-order valence-electron chi connectivity index (χ1n) is 4.60. The molecule has 0 atom stereocenters. The molecule has 90 valence electrons. The van der Waals surface area contributed by atoms with Gasteiger partial charge >= 0.3 is 5.97 Å². The summed E-state index contributed by atoms with van der Waals surface area (Å²) in [4.78, 5) is 24.0. The highest BCUT2D eigenvalue weighted by molar-refractivity contribution is 9.10. The molecule has 1 N–H and O–H groups in total. The summed E-state index contributed by atoms with van der Waals surface area (Å²) < 4.78 is 6.73. The fourth-order valence-corrected chi connectivity index (χ4v) is 3.30. The van der Waals surface area contributed by atoms with Crippen LogP contribution in [0, 0.1) is 0 Å². The predicted octanol–water partition coefficient (Wildman–Crippen LogP) is 1.85. The smallest absolute Gasteiger partial charge is 0.341 e. The van der Waals surface area contributed by atoms with Crippen molar-refractivity contribution < 1.29 is 19.4 Å². The van der Waals surface area contributed by atoms with Gasteiger partial charge in [0.15, 0.2) is 6.29 Å². The van der Waals surface area contributed by atoms with E-state index in [1.165, 1.54) is 18.4 Å². The minimum atomic E-state index is -0.569. The fraction of sp³-hybridized carbons (Fsp3) is 0.200. The number of rotatable bonds is 3. The van der Waals surface area contributed by atoms with Gasteiger partial charge in [-0.15, -0.1) is 11.3 Å². The summed E-state index contributed by atoms with van der Waals surface area (Å²) in [5.41, 5.74) is 0.478. The molecule has 0 fully saturated rings. The molecule has 5 nitrogen and oxygen atoms in total. The summed E-state index contributed by atoms with van der Waals surface area (Å²) in [5.74, 6) is -0.569. The quantitative estimate of drug-likeness (QED) is 0.693. The largest absolute Gasteiger partial charge is 0.465 e. The number of halogens is 1. The minimum Gasteiger partial charge on any atom is -0.465 e. The number of carbonyl (C=O) groups is 2. The zero-order valence-electron chi connectivity index (χ0n) is 8.77. The number of hydrogen-bond acceptors (Lipinski definition) is 5. The van der Waals surface area contributed by atoms with Crippen LogP contribution < -0.4 is 0 Å². The predicted molar refractivity (Wildman–Crippen MR) is 65.6 cm³/mol. The number of nitrogens with zero attached hydrogens (tertiary/aromatic N) is 1. The van der Waals surface area contributed by atoms with Crippen molar-refractivity contribution in [3.05, 3.63) is 26.8 Å². The highest BCUT2D eigenvalue weighted by atomic mass is 79.9. The van der Waals surface area contributed by atoms with Crippen molar-refractivity contribution in [3.63, 3.8) is 0 Å². The Balaban J connectivity index is 2.77. The lowest BCUT2D eigenvalue weighted by Crippen LogP contribution is -2.03. The third kappa shape index (κ3) is 1.80. The van der Waals surface area contributed by atoms with Crippen LogP contribution in [-0.4, -0.2) is 28.9 Å². The number of carbonyl (C=O) groups excluding carboxylic acids is 2. The first kappa shape index (κ1) is 12.3. The summed E-state index contributed by atoms with van der Waals surface area (Å²) in [6.45, 7) is -0.107. The molecule has 0 radical (unpaired) electrons. The summed E-state index contributed by atoms with van der Waals surface area (Å²) in [6, 6.07) is 0. The second kappa shape index (κ2) is 4.59. The number of aldehydes is 1. The van der Waals surface area contributed by atoms with Gasteiger partial charge in [-0.05, 0) is 15.9 Å². The number of hydrogen-bond donors (Lipinski definition) is 1. The Hall–Kier alpha value is -1.18. The molecule has 7 heteroatoms. The number of ether oxygens (including phenoxy) is 1. The van der Waals surface area contributed by atoms with E-state index in [4.69, 9.17) is 5.11 Å². The number of thiazole rings is 1. The maximum Gasteiger partial charge on any atom is 0.341 e. The highest BCUT2D eigenvalue weighted by Gasteiger charge is 2.24. The van der Waals surface area contributed by atoms with E-state index in [9.17, 15) is 9.59 Å². The van der Waals surface area contributed by atoms with Gasteiger partial charge < -0.3 is 9.84 Å². The second-order valence-electron chi connectivity index (χ2n) is 3.22. The van der Waals surface area contributed by atoms with Crippen molar-refractivity contribution in [3.8, 4) is 0 Å². The molecule has 0 aliphatic rings. The van der Waals surface area contributed by atoms with E-state index < -0.39 is 5.97 Å². The van der Waals surface area contributed by atoms with Crippen LogP contribution in [0.3, 0.4) is 0 Å². The molecule has 0 amide bonds. The molecular formula is C10H8BrNO4S. The van der Waals surface area contributed by atoms with Crippen LogP contribution in [0.4, 0.5) is 0 Å². The normalized spacial score (nSPS) is 10.8. The second-order valence-corrected chi connectivity index (χ2v) is 5.09. The molecule has 2 aromatic heterocycles. The van der Waals surface area contributed by atoms with E-state index in [1.807, 2.05) is 0 Å². The molecule has 0 aromatic carbocycles. The molecule has 2 rings (SSSR count). The first-order chi connectivity index (χ1) is 8.13. The fourth-order valence-electron chi connectivity index (χ4n) is 1.55. The lowest BCUT2D eigenvalue weighted by molar-refractivity contribution is 0.0597. The first-order valence-corrected chi connectivity index (χ1v) is 6.21. The monoisotopic (exact) mass is 317 g/mol. The van der Waals surface area contributed by atoms with E-state index in [2.05, 4.69) is 20.7 Å². The molecule has 0 aliphatic carbocycles. The van der Waals surface area contributed by atoms with Gasteiger partial charge in [-0.2, -0.15) is 0 Å². The van der Waals surface area contributed by atoms with E-state index >= 15 is 0 Å². The van der Waals surface area contributed by atoms with Gasteiger partial charge in [0.1, 0.15) is 15.0 Å². The van der Waals surface area contributed by atoms with E-state index in [1.54, 1.807) is 10.6 Å². The molecule has 0 aliphatic heterocycles. The number of esters is 1. The van der Waals surface area contributed by atoms with Gasteiger partial charge in [-0.1, -0.05) is 0 Å². The van der Waals surface area contributed by atoms with Gasteiger partial charge in [0.05, 0.1) is 19.3 Å². The van der Waals surface area contributed by atoms with Crippen molar-refractivity contribution in [1.29, 1.82) is 0 Å². The van der Waals surface area contributed by atoms with E-state index in [-0.39, 0.29) is 17.7 Å². The molecule has 0 bridgehead atoms. The Morgan fingerprint density at radius 1 is 1.71 bits per heavy atom. The van der Waals surface area contributed by atoms with Gasteiger partial charge in [0.25, 0.3) is 0 Å².